The summed E-state index contributed by atoms with van der Waals surface area (Å²) in [5.41, 5.74) is 2.03. The van der Waals surface area contributed by atoms with E-state index in [4.69, 9.17) is 0 Å². The van der Waals surface area contributed by atoms with E-state index in [-0.39, 0.29) is 5.82 Å². The average Bonchev–Trinajstić information content (AvgIpc) is 2.82. The fourth-order valence-electron chi connectivity index (χ4n) is 2.32. The minimum Gasteiger partial charge on any atom is -0.385 e. The van der Waals surface area contributed by atoms with Crippen LogP contribution in [0.1, 0.15) is 24.8 Å². The topological polar surface area (TPSA) is 15.3 Å². The Morgan fingerprint density at radius 3 is 2.82 bits per heavy atom. The molecular formula is C14H21FN2. The lowest BCUT2D eigenvalue weighted by Crippen LogP contribution is -2.22. The molecule has 1 aliphatic rings. The van der Waals surface area contributed by atoms with Crippen LogP contribution in [0.25, 0.3) is 0 Å². The molecule has 0 atom stereocenters. The maximum absolute atomic E-state index is 13.1. The van der Waals surface area contributed by atoms with Gasteiger partial charge in [-0.15, -0.1) is 0 Å². The highest BCUT2D eigenvalue weighted by atomic mass is 19.1. The quantitative estimate of drug-likeness (QED) is 0.791. The van der Waals surface area contributed by atoms with E-state index in [0.29, 0.717) is 0 Å². The summed E-state index contributed by atoms with van der Waals surface area (Å²) in [7, 11) is 0. The SMILES string of the molecule is Cc1ccc(F)cc1NCCCN1CCCC1. The van der Waals surface area contributed by atoms with E-state index in [9.17, 15) is 4.39 Å². The normalized spacial score (nSPS) is 16.4. The lowest BCUT2D eigenvalue weighted by Gasteiger charge is -2.15. The molecule has 0 saturated carbocycles. The Kier molecular flexibility index (Phi) is 4.37. The Morgan fingerprint density at radius 2 is 2.06 bits per heavy atom. The Morgan fingerprint density at radius 1 is 1.29 bits per heavy atom. The van der Waals surface area contributed by atoms with E-state index < -0.39 is 0 Å². The van der Waals surface area contributed by atoms with Crippen LogP contribution in [0.5, 0.6) is 0 Å². The summed E-state index contributed by atoms with van der Waals surface area (Å²) in [5.74, 6) is -0.169. The van der Waals surface area contributed by atoms with Crippen LogP contribution in [0.15, 0.2) is 18.2 Å². The number of hydrogen-bond acceptors (Lipinski definition) is 2. The van der Waals surface area contributed by atoms with Gasteiger partial charge in [0.1, 0.15) is 5.82 Å². The molecule has 2 rings (SSSR count). The molecule has 94 valence electrons. The number of likely N-dealkylation sites (tertiary alicyclic amines) is 1. The third-order valence-electron chi connectivity index (χ3n) is 3.36. The van der Waals surface area contributed by atoms with Crippen molar-refractivity contribution in [2.24, 2.45) is 0 Å². The van der Waals surface area contributed by atoms with Gasteiger partial charge in [-0.25, -0.2) is 4.39 Å². The van der Waals surface area contributed by atoms with Gasteiger partial charge in [0, 0.05) is 12.2 Å². The summed E-state index contributed by atoms with van der Waals surface area (Å²) in [4.78, 5) is 2.50. The molecular weight excluding hydrogens is 215 g/mol. The molecule has 3 heteroatoms. The second kappa shape index (κ2) is 6.01. The van der Waals surface area contributed by atoms with Crippen molar-refractivity contribution in [1.29, 1.82) is 0 Å². The summed E-state index contributed by atoms with van der Waals surface area (Å²) in [6, 6.07) is 4.90. The summed E-state index contributed by atoms with van der Waals surface area (Å²) < 4.78 is 13.1. The number of aryl methyl sites for hydroxylation is 1. The minimum absolute atomic E-state index is 0.169. The number of halogens is 1. The van der Waals surface area contributed by atoms with Gasteiger partial charge >= 0.3 is 0 Å². The molecule has 0 unspecified atom stereocenters. The van der Waals surface area contributed by atoms with Crippen LogP contribution < -0.4 is 5.32 Å². The first kappa shape index (κ1) is 12.4. The highest BCUT2D eigenvalue weighted by molar-refractivity contribution is 5.50. The monoisotopic (exact) mass is 236 g/mol. The molecule has 2 nitrogen and oxygen atoms in total. The van der Waals surface area contributed by atoms with Gasteiger partial charge in [0.05, 0.1) is 0 Å². The van der Waals surface area contributed by atoms with Crippen molar-refractivity contribution in [1.82, 2.24) is 4.90 Å². The van der Waals surface area contributed by atoms with Crippen LogP contribution in [0.4, 0.5) is 10.1 Å². The van der Waals surface area contributed by atoms with Crippen molar-refractivity contribution in [3.05, 3.63) is 29.6 Å². The van der Waals surface area contributed by atoms with E-state index in [2.05, 4.69) is 10.2 Å². The van der Waals surface area contributed by atoms with E-state index in [0.717, 1.165) is 30.8 Å². The van der Waals surface area contributed by atoms with Crippen molar-refractivity contribution in [2.45, 2.75) is 26.2 Å². The minimum atomic E-state index is -0.169. The first-order valence-corrected chi connectivity index (χ1v) is 6.48. The average molecular weight is 236 g/mol. The van der Waals surface area contributed by atoms with Crippen molar-refractivity contribution >= 4 is 5.69 Å². The Bertz CT molecular complexity index is 359. The lowest BCUT2D eigenvalue weighted by atomic mass is 10.2. The first-order chi connectivity index (χ1) is 8.25. The molecule has 1 heterocycles. The smallest absolute Gasteiger partial charge is 0.125 e. The predicted molar refractivity (Wildman–Crippen MR) is 69.9 cm³/mol. The fourth-order valence-corrected chi connectivity index (χ4v) is 2.32. The summed E-state index contributed by atoms with van der Waals surface area (Å²) in [5, 5.41) is 3.31. The summed E-state index contributed by atoms with van der Waals surface area (Å²) in [6.45, 7) is 6.57. The van der Waals surface area contributed by atoms with E-state index in [1.54, 1.807) is 6.07 Å². The molecule has 0 spiro atoms. The second-order valence-electron chi connectivity index (χ2n) is 4.79. The summed E-state index contributed by atoms with van der Waals surface area (Å²) in [6.07, 6.45) is 3.81. The zero-order chi connectivity index (χ0) is 12.1. The highest BCUT2D eigenvalue weighted by Gasteiger charge is 2.10. The van der Waals surface area contributed by atoms with Gasteiger partial charge in [-0.1, -0.05) is 6.07 Å². The molecule has 1 aromatic carbocycles. The molecule has 1 aliphatic heterocycles. The number of hydrogen-bond donors (Lipinski definition) is 1. The largest absolute Gasteiger partial charge is 0.385 e. The van der Waals surface area contributed by atoms with Crippen molar-refractivity contribution in [3.63, 3.8) is 0 Å². The molecule has 0 aromatic heterocycles. The van der Waals surface area contributed by atoms with Crippen molar-refractivity contribution < 1.29 is 4.39 Å². The van der Waals surface area contributed by atoms with Crippen LogP contribution in [0, 0.1) is 12.7 Å². The molecule has 0 amide bonds. The zero-order valence-electron chi connectivity index (χ0n) is 10.5. The van der Waals surface area contributed by atoms with Crippen molar-refractivity contribution in [2.75, 3.05) is 31.5 Å². The number of rotatable bonds is 5. The molecule has 1 aromatic rings. The van der Waals surface area contributed by atoms with Gasteiger partial charge in [-0.2, -0.15) is 0 Å². The number of benzene rings is 1. The molecule has 0 bridgehead atoms. The summed E-state index contributed by atoms with van der Waals surface area (Å²) >= 11 is 0. The molecule has 0 radical (unpaired) electrons. The van der Waals surface area contributed by atoms with Crippen LogP contribution in [-0.4, -0.2) is 31.1 Å². The van der Waals surface area contributed by atoms with Crippen LogP contribution in [0.2, 0.25) is 0 Å². The highest BCUT2D eigenvalue weighted by Crippen LogP contribution is 2.16. The maximum atomic E-state index is 13.1. The Balaban J connectivity index is 1.72. The molecule has 1 fully saturated rings. The number of anilines is 1. The molecule has 0 aliphatic carbocycles. The number of nitrogens with zero attached hydrogens (tertiary/aromatic N) is 1. The third-order valence-corrected chi connectivity index (χ3v) is 3.36. The standard InChI is InChI=1S/C14H21FN2/c1-12-5-6-13(15)11-14(12)16-7-4-10-17-8-2-3-9-17/h5-6,11,16H,2-4,7-10H2,1H3. The van der Waals surface area contributed by atoms with Gasteiger partial charge in [-0.05, 0) is 63.5 Å². The second-order valence-corrected chi connectivity index (χ2v) is 4.79. The van der Waals surface area contributed by atoms with Crippen molar-refractivity contribution in [3.8, 4) is 0 Å². The molecule has 1 saturated heterocycles. The fraction of sp³-hybridized carbons (Fsp3) is 0.571. The predicted octanol–water partition coefficient (Wildman–Crippen LogP) is 3.03. The van der Waals surface area contributed by atoms with Gasteiger partial charge in [0.15, 0.2) is 0 Å². The van der Waals surface area contributed by atoms with Gasteiger partial charge in [0.25, 0.3) is 0 Å². The van der Waals surface area contributed by atoms with E-state index >= 15 is 0 Å². The lowest BCUT2D eigenvalue weighted by molar-refractivity contribution is 0.337. The van der Waals surface area contributed by atoms with Crippen LogP contribution in [0.3, 0.4) is 0 Å². The van der Waals surface area contributed by atoms with E-state index in [1.165, 1.54) is 32.0 Å². The zero-order valence-corrected chi connectivity index (χ0v) is 10.5. The van der Waals surface area contributed by atoms with Gasteiger partial charge in [-0.3, -0.25) is 0 Å². The van der Waals surface area contributed by atoms with Crippen LogP contribution in [-0.2, 0) is 0 Å². The molecule has 1 N–H and O–H groups in total. The first-order valence-electron chi connectivity index (χ1n) is 6.48. The Labute approximate surface area is 103 Å². The maximum Gasteiger partial charge on any atom is 0.125 e. The van der Waals surface area contributed by atoms with E-state index in [1.807, 2.05) is 13.0 Å². The molecule has 17 heavy (non-hydrogen) atoms. The van der Waals surface area contributed by atoms with Gasteiger partial charge < -0.3 is 10.2 Å². The van der Waals surface area contributed by atoms with Gasteiger partial charge in [0.2, 0.25) is 0 Å². The van der Waals surface area contributed by atoms with Crippen LogP contribution >= 0.6 is 0 Å². The number of nitrogens with one attached hydrogen (secondary N) is 1. The third kappa shape index (κ3) is 3.70. The Hall–Kier alpha value is -1.09.